The van der Waals surface area contributed by atoms with Gasteiger partial charge in [0.1, 0.15) is 28.7 Å². The van der Waals surface area contributed by atoms with Gasteiger partial charge in [-0.2, -0.15) is 0 Å². The van der Waals surface area contributed by atoms with Crippen LogP contribution in [-0.2, 0) is 0 Å². The molecule has 0 fully saturated rings. The zero-order chi connectivity index (χ0) is 22.4. The number of pyridine rings is 1. The molecule has 5 N–H and O–H groups in total. The van der Waals surface area contributed by atoms with Crippen LogP contribution in [0.25, 0.3) is 23.3 Å². The van der Waals surface area contributed by atoms with E-state index in [1.165, 1.54) is 11.9 Å². The van der Waals surface area contributed by atoms with Gasteiger partial charge in [-0.3, -0.25) is 4.57 Å². The van der Waals surface area contributed by atoms with Crippen molar-refractivity contribution >= 4 is 23.8 Å². The second kappa shape index (κ2) is 9.98. The fraction of sp³-hybridized carbons (Fsp3) is 0.238. The molecule has 0 radical (unpaired) electrons. The summed E-state index contributed by atoms with van der Waals surface area (Å²) in [7, 11) is 3.18. The fourth-order valence-corrected chi connectivity index (χ4v) is 3.40. The van der Waals surface area contributed by atoms with Gasteiger partial charge in [0.2, 0.25) is 5.88 Å². The van der Waals surface area contributed by atoms with Gasteiger partial charge in [0.15, 0.2) is 11.6 Å². The molecule has 2 aromatic heterocycles. The molecule has 0 saturated heterocycles. The molecule has 164 valence electrons. The number of nitrogens with zero attached hydrogens (tertiary/aromatic N) is 3. The molecule has 10 heteroatoms. The van der Waals surface area contributed by atoms with E-state index in [0.717, 1.165) is 0 Å². The second-order valence-electron chi connectivity index (χ2n) is 6.25. The average Bonchev–Trinajstić information content (AvgIpc) is 3.09. The van der Waals surface area contributed by atoms with Gasteiger partial charge >= 0.3 is 0 Å². The summed E-state index contributed by atoms with van der Waals surface area (Å²) in [6.45, 7) is 2.40. The van der Waals surface area contributed by atoms with E-state index in [1.807, 2.05) is 48.1 Å². The van der Waals surface area contributed by atoms with Crippen molar-refractivity contribution in [2.75, 3.05) is 32.8 Å². The van der Waals surface area contributed by atoms with E-state index < -0.39 is 0 Å². The first-order valence-corrected chi connectivity index (χ1v) is 10.7. The van der Waals surface area contributed by atoms with E-state index in [-0.39, 0.29) is 5.82 Å². The number of benzene rings is 1. The number of nitrogens with one attached hydrogen (secondary N) is 1. The molecule has 0 aliphatic carbocycles. The molecular formula is C21H26N6O3S. The Balaban J connectivity index is 2.35. The minimum atomic E-state index is 0.275. The largest absolute Gasteiger partial charge is 0.494 e. The predicted molar refractivity (Wildman–Crippen MR) is 124 cm³/mol. The highest BCUT2D eigenvalue weighted by molar-refractivity contribution is 7.96. The van der Waals surface area contributed by atoms with Crippen molar-refractivity contribution in [3.05, 3.63) is 47.9 Å². The summed E-state index contributed by atoms with van der Waals surface area (Å²) in [6, 6.07) is 11.0. The lowest BCUT2D eigenvalue weighted by atomic mass is 10.2. The number of rotatable bonds is 9. The van der Waals surface area contributed by atoms with Crippen LogP contribution in [0.3, 0.4) is 0 Å². The van der Waals surface area contributed by atoms with Crippen molar-refractivity contribution in [1.82, 2.24) is 19.3 Å². The molecule has 0 spiro atoms. The lowest BCUT2D eigenvalue weighted by molar-refractivity contribution is 0.327. The molecule has 9 nitrogen and oxygen atoms in total. The number of aromatic nitrogens is 3. The van der Waals surface area contributed by atoms with E-state index >= 15 is 0 Å². The number of ether oxygens (including phenoxy) is 3. The molecule has 0 bridgehead atoms. The maximum Gasteiger partial charge on any atom is 0.213 e. The van der Waals surface area contributed by atoms with Crippen LogP contribution in [-0.4, -0.2) is 41.6 Å². The zero-order valence-electron chi connectivity index (χ0n) is 17.9. The molecule has 0 amide bonds. The number of para-hydroxylation sites is 1. The first-order chi connectivity index (χ1) is 15.0. The van der Waals surface area contributed by atoms with Crippen LogP contribution in [0, 0.1) is 0 Å². The van der Waals surface area contributed by atoms with Gasteiger partial charge in [-0.1, -0.05) is 24.1 Å². The third kappa shape index (κ3) is 4.64. The third-order valence-corrected chi connectivity index (χ3v) is 4.76. The van der Waals surface area contributed by atoms with Crippen molar-refractivity contribution in [3.8, 4) is 34.6 Å². The van der Waals surface area contributed by atoms with Crippen LogP contribution in [0.1, 0.15) is 12.6 Å². The van der Waals surface area contributed by atoms with Crippen LogP contribution in [0.5, 0.6) is 17.4 Å². The molecule has 0 aliphatic rings. The van der Waals surface area contributed by atoms with Gasteiger partial charge < -0.3 is 30.4 Å². The number of anilines is 1. The highest BCUT2D eigenvalue weighted by Gasteiger charge is 2.24. The van der Waals surface area contributed by atoms with Crippen LogP contribution in [0.4, 0.5) is 5.82 Å². The van der Waals surface area contributed by atoms with E-state index in [2.05, 4.69) is 14.7 Å². The highest BCUT2D eigenvalue weighted by atomic mass is 32.2. The Hall–Kier alpha value is -3.53. The summed E-state index contributed by atoms with van der Waals surface area (Å²) in [5.74, 6) is 2.81. The Morgan fingerprint density at radius 2 is 1.81 bits per heavy atom. The Labute approximate surface area is 185 Å². The minimum absolute atomic E-state index is 0.275. The van der Waals surface area contributed by atoms with Gasteiger partial charge in [0.25, 0.3) is 0 Å². The quantitative estimate of drug-likeness (QED) is 0.429. The Bertz CT molecular complexity index is 1060. The smallest absolute Gasteiger partial charge is 0.213 e. The summed E-state index contributed by atoms with van der Waals surface area (Å²) in [6.07, 6.45) is 3.58. The van der Waals surface area contributed by atoms with Crippen LogP contribution in [0.15, 0.2) is 42.2 Å². The fourth-order valence-electron chi connectivity index (χ4n) is 3.10. The highest BCUT2D eigenvalue weighted by Crippen LogP contribution is 2.38. The molecule has 0 unspecified atom stereocenters. The van der Waals surface area contributed by atoms with Crippen molar-refractivity contribution in [2.24, 2.45) is 5.73 Å². The molecule has 0 aliphatic heterocycles. The number of nitrogen functional groups attached to an aromatic ring is 1. The molecule has 3 rings (SSSR count). The Morgan fingerprint density at radius 1 is 1.13 bits per heavy atom. The lowest BCUT2D eigenvalue weighted by Gasteiger charge is -2.17. The summed E-state index contributed by atoms with van der Waals surface area (Å²) in [5.41, 5.74) is 14.2. The number of hydrogen-bond acceptors (Lipinski definition) is 9. The lowest BCUT2D eigenvalue weighted by Crippen LogP contribution is -2.13. The molecule has 0 atom stereocenters. The summed E-state index contributed by atoms with van der Waals surface area (Å²) in [4.78, 5) is 9.18. The molecule has 3 aromatic rings. The normalized spacial score (nSPS) is 11.3. The van der Waals surface area contributed by atoms with Gasteiger partial charge in [-0.25, -0.2) is 9.97 Å². The topological polar surface area (TPSA) is 122 Å². The van der Waals surface area contributed by atoms with Gasteiger partial charge in [-0.15, -0.1) is 0 Å². The molecule has 1 aromatic carbocycles. The Kier molecular flexibility index (Phi) is 7.14. The number of hydrogen-bond donors (Lipinski definition) is 3. The summed E-state index contributed by atoms with van der Waals surface area (Å²) < 4.78 is 21.6. The van der Waals surface area contributed by atoms with Gasteiger partial charge in [-0.05, 0) is 25.1 Å². The number of imidazole rings is 1. The van der Waals surface area contributed by atoms with E-state index in [1.54, 1.807) is 26.4 Å². The molecular weight excluding hydrogens is 416 g/mol. The SMILES string of the molecule is CCOc1cccc(-c2nc(N)c(/C=C(\N)NSC)n2-c2c(OC)cccc2OC)n1. The molecule has 0 saturated carbocycles. The van der Waals surface area contributed by atoms with Gasteiger partial charge in [0, 0.05) is 18.4 Å². The monoisotopic (exact) mass is 442 g/mol. The van der Waals surface area contributed by atoms with E-state index in [4.69, 9.17) is 25.7 Å². The Morgan fingerprint density at radius 3 is 2.42 bits per heavy atom. The second-order valence-corrected chi connectivity index (χ2v) is 6.86. The number of nitrogens with two attached hydrogens (primary N) is 2. The number of methoxy groups -OCH3 is 2. The van der Waals surface area contributed by atoms with Crippen molar-refractivity contribution < 1.29 is 14.2 Å². The zero-order valence-corrected chi connectivity index (χ0v) is 18.7. The van der Waals surface area contributed by atoms with Crippen molar-refractivity contribution in [2.45, 2.75) is 6.92 Å². The first-order valence-electron chi connectivity index (χ1n) is 9.50. The maximum atomic E-state index is 6.33. The van der Waals surface area contributed by atoms with Crippen molar-refractivity contribution in [3.63, 3.8) is 0 Å². The average molecular weight is 443 g/mol. The van der Waals surface area contributed by atoms with Crippen molar-refractivity contribution in [1.29, 1.82) is 0 Å². The summed E-state index contributed by atoms with van der Waals surface area (Å²) in [5, 5.41) is 0. The first kappa shape index (κ1) is 22.2. The van der Waals surface area contributed by atoms with Crippen LogP contribution in [0.2, 0.25) is 0 Å². The van der Waals surface area contributed by atoms with E-state index in [9.17, 15) is 0 Å². The maximum absolute atomic E-state index is 6.33. The van der Waals surface area contributed by atoms with Crippen LogP contribution < -0.4 is 30.4 Å². The third-order valence-electron chi connectivity index (χ3n) is 4.32. The molecule has 2 heterocycles. The standard InChI is InChI=1S/C21H26N6O3S/c1-5-30-18-11-6-8-13(24-18)21-25-20(23)14(12-17(22)26-31-4)27(21)19-15(28-2)9-7-10-16(19)29-3/h6-12,26H,5,22-23H2,1-4H3/b17-12+. The summed E-state index contributed by atoms with van der Waals surface area (Å²) >= 11 is 1.37. The predicted octanol–water partition coefficient (Wildman–Crippen LogP) is 3.06. The van der Waals surface area contributed by atoms with Gasteiger partial charge in [0.05, 0.1) is 26.5 Å². The molecule has 31 heavy (non-hydrogen) atoms. The van der Waals surface area contributed by atoms with Crippen LogP contribution >= 0.6 is 11.9 Å². The minimum Gasteiger partial charge on any atom is -0.494 e. The van der Waals surface area contributed by atoms with E-state index in [0.29, 0.717) is 52.7 Å².